The second kappa shape index (κ2) is 4.88. The van der Waals surface area contributed by atoms with Gasteiger partial charge in [-0.2, -0.15) is 0 Å². The Morgan fingerprint density at radius 3 is 3.00 bits per heavy atom. The number of hydrogen-bond acceptors (Lipinski definition) is 2. The minimum atomic E-state index is -0.793. The fourth-order valence-corrected chi connectivity index (χ4v) is 4.66. The van der Waals surface area contributed by atoms with E-state index in [1.165, 1.54) is 17.7 Å². The van der Waals surface area contributed by atoms with Gasteiger partial charge in [0, 0.05) is 4.88 Å². The maximum Gasteiger partial charge on any atom is 0.338 e. The van der Waals surface area contributed by atoms with Crippen molar-refractivity contribution in [3.63, 3.8) is 0 Å². The Morgan fingerprint density at radius 1 is 1.62 bits per heavy atom. The molecule has 4 heteroatoms. The van der Waals surface area contributed by atoms with E-state index in [0.717, 1.165) is 34.5 Å². The summed E-state index contributed by atoms with van der Waals surface area (Å²) in [7, 11) is 0. The second-order valence-electron chi connectivity index (χ2n) is 4.36. The molecule has 16 heavy (non-hydrogen) atoms. The normalized spacial score (nSPS) is 19.5. The minimum absolute atomic E-state index is 0.509. The van der Waals surface area contributed by atoms with Crippen LogP contribution in [0.2, 0.25) is 0 Å². The number of carbonyl (C=O) groups is 1. The molecule has 1 N–H and O–H groups in total. The molecule has 1 atom stereocenters. The van der Waals surface area contributed by atoms with Crippen molar-refractivity contribution in [1.29, 1.82) is 0 Å². The van der Waals surface area contributed by atoms with Crippen LogP contribution in [0.15, 0.2) is 3.79 Å². The second-order valence-corrected chi connectivity index (χ2v) is 6.78. The van der Waals surface area contributed by atoms with Gasteiger partial charge in [0.1, 0.15) is 0 Å². The number of carboxylic acid groups (broad SMARTS) is 1. The Balaban J connectivity index is 2.28. The maximum absolute atomic E-state index is 11.1. The molecule has 2 rings (SSSR count). The summed E-state index contributed by atoms with van der Waals surface area (Å²) in [6.45, 7) is 2.21. The monoisotopic (exact) mass is 302 g/mol. The van der Waals surface area contributed by atoms with Crippen LogP contribution in [0.5, 0.6) is 0 Å². The van der Waals surface area contributed by atoms with Gasteiger partial charge in [0.15, 0.2) is 0 Å². The number of hydrogen-bond donors (Lipinski definition) is 1. The zero-order valence-corrected chi connectivity index (χ0v) is 11.7. The molecular weight excluding hydrogens is 288 g/mol. The van der Waals surface area contributed by atoms with Gasteiger partial charge in [-0.1, -0.05) is 19.8 Å². The Kier molecular flexibility index (Phi) is 3.70. The molecule has 1 aliphatic rings. The number of aromatic carboxylic acids is 1. The molecule has 2 nitrogen and oxygen atoms in total. The van der Waals surface area contributed by atoms with E-state index < -0.39 is 5.97 Å². The molecule has 1 aromatic rings. The molecule has 0 aliphatic heterocycles. The van der Waals surface area contributed by atoms with Gasteiger partial charge in [0.25, 0.3) is 0 Å². The van der Waals surface area contributed by atoms with Crippen LogP contribution < -0.4 is 0 Å². The lowest BCUT2D eigenvalue weighted by Gasteiger charge is -2.21. The summed E-state index contributed by atoms with van der Waals surface area (Å²) in [5, 5.41) is 9.16. The molecular formula is C12H15BrO2S. The molecule has 0 spiro atoms. The number of thiophene rings is 1. The van der Waals surface area contributed by atoms with Gasteiger partial charge in [-0.25, -0.2) is 4.79 Å². The van der Waals surface area contributed by atoms with E-state index in [-0.39, 0.29) is 0 Å². The molecule has 1 heterocycles. The summed E-state index contributed by atoms with van der Waals surface area (Å²) in [5.74, 6) is -0.0389. The smallest absolute Gasteiger partial charge is 0.338 e. The maximum atomic E-state index is 11.1. The number of halogens is 1. The molecule has 0 saturated heterocycles. The molecule has 0 bridgehead atoms. The third kappa shape index (κ3) is 2.18. The van der Waals surface area contributed by atoms with Crippen LogP contribution in [0.3, 0.4) is 0 Å². The highest BCUT2D eigenvalue weighted by atomic mass is 79.9. The molecule has 88 valence electrons. The van der Waals surface area contributed by atoms with E-state index in [1.54, 1.807) is 11.3 Å². The van der Waals surface area contributed by atoms with Gasteiger partial charge in [0.2, 0.25) is 0 Å². The van der Waals surface area contributed by atoms with Gasteiger partial charge >= 0.3 is 5.97 Å². The van der Waals surface area contributed by atoms with E-state index in [2.05, 4.69) is 22.9 Å². The van der Waals surface area contributed by atoms with E-state index in [4.69, 9.17) is 5.11 Å². The van der Waals surface area contributed by atoms with E-state index >= 15 is 0 Å². The van der Waals surface area contributed by atoms with Gasteiger partial charge in [-0.05, 0) is 46.7 Å². The zero-order valence-electron chi connectivity index (χ0n) is 9.25. The van der Waals surface area contributed by atoms with Gasteiger partial charge in [0.05, 0.1) is 9.35 Å². The summed E-state index contributed by atoms with van der Waals surface area (Å²) in [5.41, 5.74) is 1.59. The Bertz CT molecular complexity index is 411. The number of fused-ring (bicyclic) bond motifs is 1. The summed E-state index contributed by atoms with van der Waals surface area (Å²) in [6, 6.07) is 0. The fourth-order valence-electron chi connectivity index (χ4n) is 2.49. The molecule has 1 aliphatic carbocycles. The minimum Gasteiger partial charge on any atom is -0.478 e. The summed E-state index contributed by atoms with van der Waals surface area (Å²) in [4.78, 5) is 12.4. The predicted octanol–water partition coefficient (Wildman–Crippen LogP) is 4.11. The SMILES string of the molecule is CCCC1CCc2c(sc(Br)c2C(=O)O)C1. The number of carboxylic acids is 1. The van der Waals surface area contributed by atoms with Gasteiger partial charge in [-0.3, -0.25) is 0 Å². The molecule has 0 fully saturated rings. The molecule has 0 amide bonds. The highest BCUT2D eigenvalue weighted by Gasteiger charge is 2.27. The summed E-state index contributed by atoms with van der Waals surface area (Å²) in [6.07, 6.45) is 5.63. The van der Waals surface area contributed by atoms with Crippen molar-refractivity contribution in [2.24, 2.45) is 5.92 Å². The van der Waals surface area contributed by atoms with Crippen LogP contribution in [0, 0.1) is 5.92 Å². The van der Waals surface area contributed by atoms with Crippen molar-refractivity contribution in [3.8, 4) is 0 Å². The van der Waals surface area contributed by atoms with Crippen molar-refractivity contribution in [3.05, 3.63) is 19.8 Å². The first-order chi connectivity index (χ1) is 7.63. The Hall–Kier alpha value is -0.350. The third-order valence-electron chi connectivity index (χ3n) is 3.24. The highest BCUT2D eigenvalue weighted by molar-refractivity contribution is 9.11. The van der Waals surface area contributed by atoms with Crippen molar-refractivity contribution in [2.45, 2.75) is 39.0 Å². The topological polar surface area (TPSA) is 37.3 Å². The Morgan fingerprint density at radius 2 is 2.38 bits per heavy atom. The molecule has 1 aromatic heterocycles. The molecule has 1 unspecified atom stereocenters. The van der Waals surface area contributed by atoms with Gasteiger partial charge in [-0.15, -0.1) is 11.3 Å². The lowest BCUT2D eigenvalue weighted by molar-refractivity contribution is 0.0695. The van der Waals surface area contributed by atoms with E-state index in [9.17, 15) is 4.79 Å². The number of rotatable bonds is 3. The van der Waals surface area contributed by atoms with Crippen molar-refractivity contribution in [2.75, 3.05) is 0 Å². The quantitative estimate of drug-likeness (QED) is 0.912. The lowest BCUT2D eigenvalue weighted by atomic mass is 9.85. The van der Waals surface area contributed by atoms with Crippen molar-refractivity contribution in [1.82, 2.24) is 0 Å². The summed E-state index contributed by atoms with van der Waals surface area (Å²) < 4.78 is 0.794. The molecule has 0 radical (unpaired) electrons. The highest BCUT2D eigenvalue weighted by Crippen LogP contribution is 2.40. The van der Waals surface area contributed by atoms with E-state index in [1.807, 2.05) is 0 Å². The van der Waals surface area contributed by atoms with Crippen LogP contribution in [0.25, 0.3) is 0 Å². The van der Waals surface area contributed by atoms with Crippen molar-refractivity contribution < 1.29 is 9.90 Å². The molecule has 0 aromatic carbocycles. The average molecular weight is 303 g/mol. The van der Waals surface area contributed by atoms with Crippen LogP contribution in [-0.4, -0.2) is 11.1 Å². The van der Waals surface area contributed by atoms with Crippen LogP contribution in [0.4, 0.5) is 0 Å². The Labute approximate surface area is 108 Å². The van der Waals surface area contributed by atoms with Crippen LogP contribution in [0.1, 0.15) is 47.0 Å². The summed E-state index contributed by atoms with van der Waals surface area (Å²) >= 11 is 4.99. The molecule has 0 saturated carbocycles. The van der Waals surface area contributed by atoms with Crippen LogP contribution in [-0.2, 0) is 12.8 Å². The fraction of sp³-hybridized carbons (Fsp3) is 0.583. The van der Waals surface area contributed by atoms with Crippen LogP contribution >= 0.6 is 27.3 Å². The van der Waals surface area contributed by atoms with Gasteiger partial charge < -0.3 is 5.11 Å². The lowest BCUT2D eigenvalue weighted by Crippen LogP contribution is -2.14. The largest absolute Gasteiger partial charge is 0.478 e. The predicted molar refractivity (Wildman–Crippen MR) is 69.4 cm³/mol. The first-order valence-corrected chi connectivity index (χ1v) is 7.27. The first-order valence-electron chi connectivity index (χ1n) is 5.66. The van der Waals surface area contributed by atoms with E-state index in [0.29, 0.717) is 5.56 Å². The first kappa shape index (κ1) is 12.1. The zero-order chi connectivity index (χ0) is 11.7. The third-order valence-corrected chi connectivity index (χ3v) is 5.16. The van der Waals surface area contributed by atoms with Crippen molar-refractivity contribution >= 4 is 33.2 Å². The average Bonchev–Trinajstić information content (AvgIpc) is 2.53. The standard InChI is InChI=1S/C12H15BrO2S/c1-2-3-7-4-5-8-9(6-7)16-11(13)10(8)12(14)15/h7H,2-6H2,1H3,(H,14,15).